The van der Waals surface area contributed by atoms with Gasteiger partial charge in [-0.05, 0) is 54.0 Å². The zero-order valence-electron chi connectivity index (χ0n) is 11.0. The summed E-state index contributed by atoms with van der Waals surface area (Å²) < 4.78 is 14.3. The van der Waals surface area contributed by atoms with E-state index in [2.05, 4.69) is 26.2 Å². The molecule has 1 amide bonds. The Hall–Kier alpha value is -1.95. The number of anilines is 2. The van der Waals surface area contributed by atoms with E-state index in [1.807, 2.05) is 0 Å². The number of pyridine rings is 1. The smallest absolute Gasteiger partial charge is 0.255 e. The molecule has 0 aliphatic rings. The average molecular weight is 338 g/mol. The van der Waals surface area contributed by atoms with Gasteiger partial charge in [-0.3, -0.25) is 4.79 Å². The molecule has 2 aromatic rings. The van der Waals surface area contributed by atoms with E-state index in [1.165, 1.54) is 12.1 Å². The van der Waals surface area contributed by atoms with E-state index >= 15 is 0 Å². The van der Waals surface area contributed by atoms with E-state index in [0.29, 0.717) is 21.5 Å². The SMILES string of the molecule is Cc1nc(Br)ccc1NC(=O)c1cc(N)c(C)c(F)c1. The molecule has 0 bridgehead atoms. The molecule has 1 heterocycles. The van der Waals surface area contributed by atoms with Gasteiger partial charge in [0, 0.05) is 16.8 Å². The Balaban J connectivity index is 2.28. The molecule has 104 valence electrons. The van der Waals surface area contributed by atoms with E-state index in [9.17, 15) is 9.18 Å². The van der Waals surface area contributed by atoms with E-state index in [0.717, 1.165) is 0 Å². The van der Waals surface area contributed by atoms with Crippen molar-refractivity contribution in [2.75, 3.05) is 11.1 Å². The zero-order chi connectivity index (χ0) is 14.9. The number of aryl methyl sites for hydroxylation is 1. The molecule has 1 aromatic carbocycles. The van der Waals surface area contributed by atoms with Crippen LogP contribution in [-0.4, -0.2) is 10.9 Å². The molecule has 0 spiro atoms. The Morgan fingerprint density at radius 3 is 2.65 bits per heavy atom. The molecule has 20 heavy (non-hydrogen) atoms. The highest BCUT2D eigenvalue weighted by Crippen LogP contribution is 2.20. The number of rotatable bonds is 2. The highest BCUT2D eigenvalue weighted by Gasteiger charge is 2.12. The van der Waals surface area contributed by atoms with Gasteiger partial charge in [0.05, 0.1) is 11.4 Å². The Kier molecular flexibility index (Phi) is 4.04. The van der Waals surface area contributed by atoms with Crippen LogP contribution in [0.4, 0.5) is 15.8 Å². The fourth-order valence-corrected chi connectivity index (χ4v) is 2.09. The summed E-state index contributed by atoms with van der Waals surface area (Å²) >= 11 is 3.24. The van der Waals surface area contributed by atoms with Crippen molar-refractivity contribution in [1.29, 1.82) is 0 Å². The first-order chi connectivity index (χ1) is 9.38. The van der Waals surface area contributed by atoms with Crippen molar-refractivity contribution in [3.63, 3.8) is 0 Å². The molecule has 0 unspecified atom stereocenters. The lowest BCUT2D eigenvalue weighted by molar-refractivity contribution is 0.102. The number of amides is 1. The summed E-state index contributed by atoms with van der Waals surface area (Å²) in [6.45, 7) is 3.33. The number of hydrogen-bond acceptors (Lipinski definition) is 3. The number of nitrogen functional groups attached to an aromatic ring is 1. The molecule has 1 aromatic heterocycles. The fraction of sp³-hybridized carbons (Fsp3) is 0.143. The van der Waals surface area contributed by atoms with Gasteiger partial charge in [-0.15, -0.1) is 0 Å². The molecule has 0 radical (unpaired) electrons. The second kappa shape index (κ2) is 5.58. The summed E-state index contributed by atoms with van der Waals surface area (Å²) in [5, 5.41) is 2.68. The molecule has 0 aliphatic carbocycles. The van der Waals surface area contributed by atoms with Gasteiger partial charge in [-0.2, -0.15) is 0 Å². The highest BCUT2D eigenvalue weighted by atomic mass is 79.9. The first-order valence-corrected chi connectivity index (χ1v) is 6.68. The normalized spacial score (nSPS) is 10.4. The van der Waals surface area contributed by atoms with Crippen LogP contribution in [0.1, 0.15) is 21.6 Å². The summed E-state index contributed by atoms with van der Waals surface area (Å²) in [5.41, 5.74) is 7.65. The lowest BCUT2D eigenvalue weighted by Crippen LogP contribution is -2.14. The van der Waals surface area contributed by atoms with Crippen molar-refractivity contribution in [3.8, 4) is 0 Å². The van der Waals surface area contributed by atoms with Gasteiger partial charge < -0.3 is 11.1 Å². The van der Waals surface area contributed by atoms with Gasteiger partial charge in [-0.25, -0.2) is 9.37 Å². The molecule has 3 N–H and O–H groups in total. The van der Waals surface area contributed by atoms with E-state index in [-0.39, 0.29) is 11.3 Å². The quantitative estimate of drug-likeness (QED) is 0.651. The number of aromatic nitrogens is 1. The van der Waals surface area contributed by atoms with Crippen molar-refractivity contribution in [2.24, 2.45) is 0 Å². The van der Waals surface area contributed by atoms with Crippen molar-refractivity contribution in [3.05, 3.63) is 51.5 Å². The molecule has 0 aliphatic heterocycles. The van der Waals surface area contributed by atoms with Crippen molar-refractivity contribution >= 4 is 33.2 Å². The van der Waals surface area contributed by atoms with Crippen LogP contribution in [0.15, 0.2) is 28.9 Å². The molecule has 0 saturated carbocycles. The minimum absolute atomic E-state index is 0.174. The van der Waals surface area contributed by atoms with Crippen LogP contribution < -0.4 is 11.1 Å². The van der Waals surface area contributed by atoms with Crippen LogP contribution in [0.25, 0.3) is 0 Å². The number of nitrogens with zero attached hydrogens (tertiary/aromatic N) is 1. The maximum absolute atomic E-state index is 13.6. The number of hydrogen-bond donors (Lipinski definition) is 2. The monoisotopic (exact) mass is 337 g/mol. The minimum atomic E-state index is -0.499. The van der Waals surface area contributed by atoms with Gasteiger partial charge in [0.15, 0.2) is 0 Å². The molecule has 0 saturated heterocycles. The van der Waals surface area contributed by atoms with Gasteiger partial charge in [0.2, 0.25) is 0 Å². The number of benzene rings is 1. The summed E-state index contributed by atoms with van der Waals surface area (Å²) in [7, 11) is 0. The fourth-order valence-electron chi connectivity index (χ4n) is 1.69. The Bertz CT molecular complexity index is 665. The molecular weight excluding hydrogens is 325 g/mol. The van der Waals surface area contributed by atoms with Gasteiger partial charge >= 0.3 is 0 Å². The lowest BCUT2D eigenvalue weighted by atomic mass is 10.1. The third-order valence-electron chi connectivity index (χ3n) is 2.95. The molecule has 0 atom stereocenters. The van der Waals surface area contributed by atoms with Crippen LogP contribution >= 0.6 is 15.9 Å². The first-order valence-electron chi connectivity index (χ1n) is 5.88. The summed E-state index contributed by atoms with van der Waals surface area (Å²) in [4.78, 5) is 16.3. The predicted octanol–water partition coefficient (Wildman–Crippen LogP) is 3.43. The summed E-state index contributed by atoms with van der Waals surface area (Å²) in [6.07, 6.45) is 0. The predicted molar refractivity (Wildman–Crippen MR) is 80.2 cm³/mol. The van der Waals surface area contributed by atoms with Crippen molar-refractivity contribution < 1.29 is 9.18 Å². The second-order valence-electron chi connectivity index (χ2n) is 4.39. The van der Waals surface area contributed by atoms with Crippen LogP contribution in [0.5, 0.6) is 0 Å². The topological polar surface area (TPSA) is 68.0 Å². The third kappa shape index (κ3) is 2.96. The van der Waals surface area contributed by atoms with E-state index < -0.39 is 11.7 Å². The Morgan fingerprint density at radius 1 is 1.35 bits per heavy atom. The van der Waals surface area contributed by atoms with E-state index in [4.69, 9.17) is 5.73 Å². The number of nitrogens with one attached hydrogen (secondary N) is 1. The summed E-state index contributed by atoms with van der Waals surface area (Å²) in [6, 6.07) is 6.06. The number of carbonyl (C=O) groups excluding carboxylic acids is 1. The van der Waals surface area contributed by atoms with Crippen LogP contribution in [0.3, 0.4) is 0 Å². The lowest BCUT2D eigenvalue weighted by Gasteiger charge is -2.10. The third-order valence-corrected chi connectivity index (χ3v) is 3.39. The molecule has 6 heteroatoms. The van der Waals surface area contributed by atoms with Gasteiger partial charge in [-0.1, -0.05) is 0 Å². The molecular formula is C14H13BrFN3O. The summed E-state index contributed by atoms with van der Waals surface area (Å²) in [5.74, 6) is -0.927. The highest BCUT2D eigenvalue weighted by molar-refractivity contribution is 9.10. The van der Waals surface area contributed by atoms with Gasteiger partial charge in [0.1, 0.15) is 10.4 Å². The Morgan fingerprint density at radius 2 is 2.05 bits per heavy atom. The molecule has 0 fully saturated rings. The van der Waals surface area contributed by atoms with Crippen LogP contribution in [-0.2, 0) is 0 Å². The zero-order valence-corrected chi connectivity index (χ0v) is 12.6. The Labute approximate surface area is 124 Å². The van der Waals surface area contributed by atoms with Crippen LogP contribution in [0, 0.1) is 19.7 Å². The maximum atomic E-state index is 13.6. The minimum Gasteiger partial charge on any atom is -0.398 e. The van der Waals surface area contributed by atoms with Gasteiger partial charge in [0.25, 0.3) is 5.91 Å². The largest absolute Gasteiger partial charge is 0.398 e. The number of carbonyl (C=O) groups is 1. The van der Waals surface area contributed by atoms with Crippen molar-refractivity contribution in [1.82, 2.24) is 4.98 Å². The molecule has 4 nitrogen and oxygen atoms in total. The van der Waals surface area contributed by atoms with Crippen LogP contribution in [0.2, 0.25) is 0 Å². The number of halogens is 2. The van der Waals surface area contributed by atoms with E-state index in [1.54, 1.807) is 26.0 Å². The molecule has 2 rings (SSSR count). The first kappa shape index (κ1) is 14.5. The van der Waals surface area contributed by atoms with Crippen molar-refractivity contribution in [2.45, 2.75) is 13.8 Å². The average Bonchev–Trinajstić information content (AvgIpc) is 2.38. The maximum Gasteiger partial charge on any atom is 0.255 e. The standard InChI is InChI=1S/C14H13BrFN3O/c1-7-10(16)5-9(6-11(7)17)14(20)19-12-3-4-13(15)18-8(12)2/h3-6H,17H2,1-2H3,(H,19,20). The second-order valence-corrected chi connectivity index (χ2v) is 5.21. The number of nitrogens with two attached hydrogens (primary N) is 1.